The maximum absolute atomic E-state index is 12.0. The van der Waals surface area contributed by atoms with Gasteiger partial charge in [-0.05, 0) is 32.3 Å². The lowest BCUT2D eigenvalue weighted by Crippen LogP contribution is -2.43. The van der Waals surface area contributed by atoms with Gasteiger partial charge in [-0.25, -0.2) is 0 Å². The van der Waals surface area contributed by atoms with Crippen LogP contribution in [0.25, 0.3) is 0 Å². The molecule has 1 aromatic carbocycles. The minimum atomic E-state index is -0.612. The molecule has 0 aromatic heterocycles. The summed E-state index contributed by atoms with van der Waals surface area (Å²) in [7, 11) is 0. The van der Waals surface area contributed by atoms with Crippen molar-refractivity contribution < 1.29 is 19.3 Å². The van der Waals surface area contributed by atoms with Crippen LogP contribution >= 0.6 is 0 Å². The number of non-ortho nitro benzene ring substituents is 1. The van der Waals surface area contributed by atoms with Gasteiger partial charge in [-0.15, -0.1) is 0 Å². The molecule has 0 aliphatic carbocycles. The van der Waals surface area contributed by atoms with Gasteiger partial charge in [-0.1, -0.05) is 11.2 Å². The Morgan fingerprint density at radius 2 is 2.28 bits per heavy atom. The van der Waals surface area contributed by atoms with Crippen molar-refractivity contribution in [3.63, 3.8) is 0 Å². The third-order valence-electron chi connectivity index (χ3n) is 3.88. The van der Waals surface area contributed by atoms with Gasteiger partial charge in [-0.3, -0.25) is 19.7 Å². The summed E-state index contributed by atoms with van der Waals surface area (Å²) < 4.78 is 0. The summed E-state index contributed by atoms with van der Waals surface area (Å²) >= 11 is 0. The second-order valence-corrected chi connectivity index (χ2v) is 5.74. The summed E-state index contributed by atoms with van der Waals surface area (Å²) in [5, 5.41) is 16.6. The number of likely N-dealkylation sites (tertiary alicyclic amines) is 1. The van der Waals surface area contributed by atoms with Crippen LogP contribution in [0, 0.1) is 10.1 Å². The predicted octanol–water partition coefficient (Wildman–Crippen LogP) is 1.94. The number of amides is 2. The molecule has 2 amide bonds. The molecule has 0 bridgehead atoms. The summed E-state index contributed by atoms with van der Waals surface area (Å²) in [5.74, 6) is -0.775. The molecule has 1 saturated heterocycles. The maximum Gasteiger partial charge on any atom is 0.271 e. The van der Waals surface area contributed by atoms with Crippen molar-refractivity contribution >= 4 is 29.4 Å². The number of nitrogens with one attached hydrogen (secondary N) is 1. The van der Waals surface area contributed by atoms with Crippen molar-refractivity contribution in [3.05, 3.63) is 34.4 Å². The number of hydrogen-bond donors (Lipinski definition) is 1. The number of hydrogen-bond acceptors (Lipinski definition) is 6. The third kappa shape index (κ3) is 5.55. The number of nitro groups is 1. The number of anilines is 1. The number of carbonyl (C=O) groups is 2. The van der Waals surface area contributed by atoms with Gasteiger partial charge in [-0.2, -0.15) is 0 Å². The number of rotatable bonds is 6. The highest BCUT2D eigenvalue weighted by Gasteiger charge is 2.23. The zero-order valence-electron chi connectivity index (χ0n) is 13.9. The normalized spacial score (nSPS) is 17.3. The molecule has 0 unspecified atom stereocenters. The zero-order valence-corrected chi connectivity index (χ0v) is 13.9. The molecule has 0 radical (unpaired) electrons. The first-order valence-electron chi connectivity index (χ1n) is 7.97. The summed E-state index contributed by atoms with van der Waals surface area (Å²) in [6.07, 6.45) is 3.94. The molecule has 1 atom stereocenters. The molecule has 1 fully saturated rings. The standard InChI is InChI=1S/C16H20N4O5/c1-12-5-2-3-8-19(12)16(22)11-25-17-10-15(21)18-13-6-4-7-14(9-13)20(23)24/h4,6-7,9-10,12H,2-3,5,8,11H2,1H3,(H,18,21)/b17-10-/t12-/m0/s1. The highest BCUT2D eigenvalue weighted by molar-refractivity contribution is 6.31. The SMILES string of the molecule is C[C@H]1CCCCN1C(=O)CO/N=C\C(=O)Nc1cccc([N+](=O)[O-])c1. The summed E-state index contributed by atoms with van der Waals surface area (Å²) in [6.45, 7) is 2.47. The van der Waals surface area contributed by atoms with E-state index in [0.29, 0.717) is 6.54 Å². The van der Waals surface area contributed by atoms with Gasteiger partial charge >= 0.3 is 0 Å². The lowest BCUT2D eigenvalue weighted by atomic mass is 10.0. The number of piperidine rings is 1. The van der Waals surface area contributed by atoms with Crippen molar-refractivity contribution in [2.24, 2.45) is 5.16 Å². The van der Waals surface area contributed by atoms with Crippen LogP contribution in [-0.2, 0) is 14.4 Å². The third-order valence-corrected chi connectivity index (χ3v) is 3.88. The van der Waals surface area contributed by atoms with E-state index in [1.165, 1.54) is 24.3 Å². The molecule has 1 N–H and O–H groups in total. The van der Waals surface area contributed by atoms with Crippen LogP contribution in [0.3, 0.4) is 0 Å². The first-order valence-corrected chi connectivity index (χ1v) is 7.97. The van der Waals surface area contributed by atoms with E-state index in [1.807, 2.05) is 6.92 Å². The highest BCUT2D eigenvalue weighted by Crippen LogP contribution is 2.17. The van der Waals surface area contributed by atoms with Crippen LogP contribution in [-0.4, -0.2) is 47.0 Å². The topological polar surface area (TPSA) is 114 Å². The summed E-state index contributed by atoms with van der Waals surface area (Å²) in [6, 6.07) is 5.71. The molecule has 9 nitrogen and oxygen atoms in total. The fourth-order valence-electron chi connectivity index (χ4n) is 2.60. The molecule has 1 heterocycles. The van der Waals surface area contributed by atoms with Crippen molar-refractivity contribution in [3.8, 4) is 0 Å². The molecular weight excluding hydrogens is 328 g/mol. The first-order chi connectivity index (χ1) is 12.0. The van der Waals surface area contributed by atoms with E-state index in [9.17, 15) is 19.7 Å². The summed E-state index contributed by atoms with van der Waals surface area (Å²) in [4.78, 5) is 40.4. The number of nitrogens with zero attached hydrogens (tertiary/aromatic N) is 3. The lowest BCUT2D eigenvalue weighted by Gasteiger charge is -2.32. The quantitative estimate of drug-likeness (QED) is 0.479. The number of oxime groups is 1. The van der Waals surface area contributed by atoms with Gasteiger partial charge in [0, 0.05) is 30.4 Å². The van der Waals surface area contributed by atoms with Crippen molar-refractivity contribution in [2.45, 2.75) is 32.2 Å². The van der Waals surface area contributed by atoms with E-state index in [0.717, 1.165) is 25.5 Å². The largest absolute Gasteiger partial charge is 0.386 e. The van der Waals surface area contributed by atoms with E-state index in [4.69, 9.17) is 4.84 Å². The molecule has 1 aliphatic rings. The van der Waals surface area contributed by atoms with Crippen LogP contribution in [0.5, 0.6) is 0 Å². The lowest BCUT2D eigenvalue weighted by molar-refractivity contribution is -0.384. The second kappa shape index (κ2) is 8.76. The molecule has 0 spiro atoms. The van der Waals surface area contributed by atoms with E-state index in [2.05, 4.69) is 10.5 Å². The van der Waals surface area contributed by atoms with E-state index in [-0.39, 0.29) is 29.9 Å². The minimum Gasteiger partial charge on any atom is -0.386 e. The average Bonchev–Trinajstić information content (AvgIpc) is 2.59. The number of benzene rings is 1. The molecule has 0 saturated carbocycles. The smallest absolute Gasteiger partial charge is 0.271 e. The van der Waals surface area contributed by atoms with Gasteiger partial charge < -0.3 is 15.1 Å². The van der Waals surface area contributed by atoms with Crippen LogP contribution in [0.2, 0.25) is 0 Å². The van der Waals surface area contributed by atoms with Crippen molar-refractivity contribution in [2.75, 3.05) is 18.5 Å². The van der Waals surface area contributed by atoms with Crippen LogP contribution < -0.4 is 5.32 Å². The first kappa shape index (κ1) is 18.4. The molecule has 134 valence electrons. The second-order valence-electron chi connectivity index (χ2n) is 5.74. The Balaban J connectivity index is 1.78. The Kier molecular flexibility index (Phi) is 6.44. The molecule has 1 aliphatic heterocycles. The van der Waals surface area contributed by atoms with Gasteiger partial charge in [0.25, 0.3) is 17.5 Å². The van der Waals surface area contributed by atoms with Crippen LogP contribution in [0.1, 0.15) is 26.2 Å². The van der Waals surface area contributed by atoms with E-state index < -0.39 is 10.8 Å². The Morgan fingerprint density at radius 1 is 1.48 bits per heavy atom. The van der Waals surface area contributed by atoms with Crippen LogP contribution in [0.4, 0.5) is 11.4 Å². The van der Waals surface area contributed by atoms with Crippen molar-refractivity contribution in [1.82, 2.24) is 4.90 Å². The fraction of sp³-hybridized carbons (Fsp3) is 0.438. The maximum atomic E-state index is 12.0. The summed E-state index contributed by atoms with van der Waals surface area (Å²) in [5.41, 5.74) is 0.135. The van der Waals surface area contributed by atoms with E-state index >= 15 is 0 Å². The van der Waals surface area contributed by atoms with Crippen LogP contribution in [0.15, 0.2) is 29.4 Å². The van der Waals surface area contributed by atoms with Crippen molar-refractivity contribution in [1.29, 1.82) is 0 Å². The molecular formula is C16H20N4O5. The van der Waals surface area contributed by atoms with Gasteiger partial charge in [0.05, 0.1) is 4.92 Å². The number of carbonyl (C=O) groups excluding carboxylic acids is 2. The Hall–Kier alpha value is -2.97. The average molecular weight is 348 g/mol. The fourth-order valence-corrected chi connectivity index (χ4v) is 2.60. The molecule has 2 rings (SSSR count). The predicted molar refractivity (Wildman–Crippen MR) is 91.2 cm³/mol. The minimum absolute atomic E-state index is 0.132. The molecule has 1 aromatic rings. The Labute approximate surface area is 144 Å². The molecule has 25 heavy (non-hydrogen) atoms. The monoisotopic (exact) mass is 348 g/mol. The number of nitro benzene ring substituents is 1. The zero-order chi connectivity index (χ0) is 18.2. The molecule has 9 heteroatoms. The van der Waals surface area contributed by atoms with Gasteiger partial charge in [0.15, 0.2) is 6.61 Å². The van der Waals surface area contributed by atoms with Gasteiger partial charge in [0.2, 0.25) is 0 Å². The highest BCUT2D eigenvalue weighted by atomic mass is 16.6. The van der Waals surface area contributed by atoms with Gasteiger partial charge in [0.1, 0.15) is 6.21 Å². The Morgan fingerprint density at radius 3 is 3.00 bits per heavy atom. The Bertz CT molecular complexity index is 676. The van der Waals surface area contributed by atoms with E-state index in [1.54, 1.807) is 4.90 Å².